The average Bonchev–Trinajstić information content (AvgIpc) is 2.99. The second kappa shape index (κ2) is 14.4. The van der Waals surface area contributed by atoms with Crippen molar-refractivity contribution in [1.82, 2.24) is 10.2 Å². The maximum absolute atomic E-state index is 14.3. The van der Waals surface area contributed by atoms with E-state index in [1.54, 1.807) is 61.5 Å². The number of carbonyl (C=O) groups is 2. The Balaban J connectivity index is 1.72. The molecule has 0 aromatic heterocycles. The molecule has 0 aliphatic heterocycles. The molecule has 3 aromatic rings. The van der Waals surface area contributed by atoms with E-state index in [0.29, 0.717) is 33.3 Å². The van der Waals surface area contributed by atoms with E-state index in [-0.39, 0.29) is 23.4 Å². The fourth-order valence-electron chi connectivity index (χ4n) is 5.37. The molecule has 1 aliphatic carbocycles. The van der Waals surface area contributed by atoms with E-state index in [9.17, 15) is 18.0 Å². The number of sulfonamides is 1. The monoisotopic (exact) mass is 629 g/mol. The predicted octanol–water partition coefficient (Wildman–Crippen LogP) is 6.75. The zero-order valence-electron chi connectivity index (χ0n) is 23.9. The predicted molar refractivity (Wildman–Crippen MR) is 168 cm³/mol. The zero-order chi connectivity index (χ0) is 30.3. The van der Waals surface area contributed by atoms with E-state index in [0.717, 1.165) is 36.4 Å². The molecule has 1 fully saturated rings. The second-order valence-corrected chi connectivity index (χ2v) is 13.3. The van der Waals surface area contributed by atoms with Crippen molar-refractivity contribution < 1.29 is 18.0 Å². The minimum atomic E-state index is -4.12. The molecular formula is C32H37Cl2N3O4S. The first kappa shape index (κ1) is 31.9. The minimum Gasteiger partial charge on any atom is -0.352 e. The molecule has 42 heavy (non-hydrogen) atoms. The lowest BCUT2D eigenvalue weighted by Crippen LogP contribution is -2.54. The Bertz CT molecular complexity index is 1490. The van der Waals surface area contributed by atoms with E-state index in [1.165, 1.54) is 17.0 Å². The first-order chi connectivity index (χ1) is 20.1. The Morgan fingerprint density at radius 3 is 2.24 bits per heavy atom. The van der Waals surface area contributed by atoms with E-state index in [2.05, 4.69) is 5.32 Å². The topological polar surface area (TPSA) is 86.8 Å². The van der Waals surface area contributed by atoms with Crippen molar-refractivity contribution >= 4 is 50.7 Å². The van der Waals surface area contributed by atoms with Crippen LogP contribution >= 0.6 is 23.2 Å². The molecule has 1 atom stereocenters. The van der Waals surface area contributed by atoms with Crippen molar-refractivity contribution in [3.8, 4) is 0 Å². The van der Waals surface area contributed by atoms with Crippen LogP contribution in [0, 0.1) is 6.92 Å². The van der Waals surface area contributed by atoms with Gasteiger partial charge in [-0.1, -0.05) is 91.9 Å². The maximum Gasteiger partial charge on any atom is 0.264 e. The molecule has 0 saturated heterocycles. The number of anilines is 1. The first-order valence-electron chi connectivity index (χ1n) is 14.3. The zero-order valence-corrected chi connectivity index (χ0v) is 26.3. The molecule has 10 heteroatoms. The summed E-state index contributed by atoms with van der Waals surface area (Å²) in [5.74, 6) is -0.749. The number of halogens is 2. The lowest BCUT2D eigenvalue weighted by molar-refractivity contribution is -0.140. The standard InChI is InChI=1S/C32H37Cl2N3O4S/c1-3-29(32(39)35-25-13-6-4-7-14-25)36(21-24-18-19-27(33)28(34)20-24)31(38)22-37(30-17-11-10-12-23(30)2)42(40,41)26-15-8-5-9-16-26/h5,8-12,15-20,25,29H,3-4,6-7,13-14,21-22H2,1-2H3,(H,35,39). The second-order valence-electron chi connectivity index (χ2n) is 10.6. The van der Waals surface area contributed by atoms with Crippen molar-refractivity contribution in [2.75, 3.05) is 10.8 Å². The van der Waals surface area contributed by atoms with Gasteiger partial charge < -0.3 is 10.2 Å². The molecule has 1 N–H and O–H groups in total. The van der Waals surface area contributed by atoms with E-state index >= 15 is 0 Å². The highest BCUT2D eigenvalue weighted by Gasteiger charge is 2.34. The molecule has 0 heterocycles. The third-order valence-electron chi connectivity index (χ3n) is 7.67. The Hall–Kier alpha value is -3.07. The molecule has 7 nitrogen and oxygen atoms in total. The van der Waals surface area contributed by atoms with Gasteiger partial charge in [0.15, 0.2) is 0 Å². The number of nitrogens with one attached hydrogen (secondary N) is 1. The molecule has 0 bridgehead atoms. The minimum absolute atomic E-state index is 0.0549. The highest BCUT2D eigenvalue weighted by atomic mass is 35.5. The summed E-state index contributed by atoms with van der Waals surface area (Å²) >= 11 is 12.4. The average molecular weight is 631 g/mol. The quantitative estimate of drug-likeness (QED) is 0.254. The van der Waals surface area contributed by atoms with Crippen LogP contribution in [-0.2, 0) is 26.2 Å². The summed E-state index contributed by atoms with van der Waals surface area (Å²) in [4.78, 5) is 29.4. The van der Waals surface area contributed by atoms with Crippen molar-refractivity contribution in [1.29, 1.82) is 0 Å². The van der Waals surface area contributed by atoms with Crippen LogP contribution in [-0.4, -0.2) is 43.8 Å². The Kier molecular flexibility index (Phi) is 10.9. The van der Waals surface area contributed by atoms with Crippen LogP contribution in [0.1, 0.15) is 56.6 Å². The molecule has 0 spiro atoms. The molecule has 3 aromatic carbocycles. The molecule has 1 saturated carbocycles. The van der Waals surface area contributed by atoms with Gasteiger partial charge >= 0.3 is 0 Å². The summed E-state index contributed by atoms with van der Waals surface area (Å²) in [7, 11) is -4.12. The molecule has 2 amide bonds. The van der Waals surface area contributed by atoms with Crippen LogP contribution in [0.5, 0.6) is 0 Å². The molecule has 224 valence electrons. The highest BCUT2D eigenvalue weighted by Crippen LogP contribution is 2.28. The molecular weight excluding hydrogens is 593 g/mol. The fourth-order valence-corrected chi connectivity index (χ4v) is 7.20. The van der Waals surface area contributed by atoms with Gasteiger partial charge in [-0.2, -0.15) is 0 Å². The van der Waals surface area contributed by atoms with Gasteiger partial charge in [0, 0.05) is 12.6 Å². The normalized spacial score (nSPS) is 14.7. The third-order valence-corrected chi connectivity index (χ3v) is 10.2. The van der Waals surface area contributed by atoms with Crippen molar-refractivity contribution in [2.24, 2.45) is 0 Å². The van der Waals surface area contributed by atoms with Gasteiger partial charge in [-0.3, -0.25) is 13.9 Å². The van der Waals surface area contributed by atoms with Gasteiger partial charge in [0.2, 0.25) is 11.8 Å². The third kappa shape index (κ3) is 7.65. The number of aryl methyl sites for hydroxylation is 1. The van der Waals surface area contributed by atoms with Crippen LogP contribution in [0.25, 0.3) is 0 Å². The van der Waals surface area contributed by atoms with Gasteiger partial charge in [0.1, 0.15) is 12.6 Å². The number of hydrogen-bond acceptors (Lipinski definition) is 4. The van der Waals surface area contributed by atoms with Gasteiger partial charge in [0.25, 0.3) is 10.0 Å². The van der Waals surface area contributed by atoms with Crippen molar-refractivity contribution in [2.45, 2.75) is 75.9 Å². The van der Waals surface area contributed by atoms with E-state index < -0.39 is 28.5 Å². The Morgan fingerprint density at radius 1 is 0.929 bits per heavy atom. The number of nitrogens with zero attached hydrogens (tertiary/aromatic N) is 2. The van der Waals surface area contributed by atoms with E-state index in [4.69, 9.17) is 23.2 Å². The number of rotatable bonds is 11. The molecule has 1 aliphatic rings. The van der Waals surface area contributed by atoms with Gasteiger partial charge in [-0.25, -0.2) is 8.42 Å². The van der Waals surface area contributed by atoms with Crippen LogP contribution in [0.3, 0.4) is 0 Å². The summed E-state index contributed by atoms with van der Waals surface area (Å²) in [5, 5.41) is 3.85. The summed E-state index contributed by atoms with van der Waals surface area (Å²) in [6, 6.07) is 19.4. The largest absolute Gasteiger partial charge is 0.352 e. The van der Waals surface area contributed by atoms with E-state index in [1.807, 2.05) is 13.0 Å². The molecule has 4 rings (SSSR count). The van der Waals surface area contributed by atoms with Gasteiger partial charge in [0.05, 0.1) is 20.6 Å². The Morgan fingerprint density at radius 2 is 1.60 bits per heavy atom. The van der Waals surface area contributed by atoms with Gasteiger partial charge in [-0.05, 0) is 67.6 Å². The highest BCUT2D eigenvalue weighted by molar-refractivity contribution is 7.92. The number of carbonyl (C=O) groups excluding carboxylic acids is 2. The number of benzene rings is 3. The maximum atomic E-state index is 14.3. The summed E-state index contributed by atoms with van der Waals surface area (Å²) in [6.45, 7) is 3.21. The molecule has 0 radical (unpaired) electrons. The fraction of sp³-hybridized carbons (Fsp3) is 0.375. The first-order valence-corrected chi connectivity index (χ1v) is 16.5. The SMILES string of the molecule is CCC(C(=O)NC1CCCCC1)N(Cc1ccc(Cl)c(Cl)c1)C(=O)CN(c1ccccc1C)S(=O)(=O)c1ccccc1. The summed E-state index contributed by atoms with van der Waals surface area (Å²) < 4.78 is 29.1. The van der Waals surface area contributed by atoms with Crippen LogP contribution in [0.2, 0.25) is 10.0 Å². The summed E-state index contributed by atoms with van der Waals surface area (Å²) in [5.41, 5.74) is 1.77. The Labute approximate surface area is 258 Å². The van der Waals surface area contributed by atoms with Crippen molar-refractivity contribution in [3.05, 3.63) is 94.0 Å². The smallest absolute Gasteiger partial charge is 0.264 e. The van der Waals surface area contributed by atoms with Gasteiger partial charge in [-0.15, -0.1) is 0 Å². The van der Waals surface area contributed by atoms with Crippen LogP contribution in [0.15, 0.2) is 77.7 Å². The van der Waals surface area contributed by atoms with Crippen LogP contribution in [0.4, 0.5) is 5.69 Å². The van der Waals surface area contributed by atoms with Crippen molar-refractivity contribution in [3.63, 3.8) is 0 Å². The summed E-state index contributed by atoms with van der Waals surface area (Å²) in [6.07, 6.45) is 5.41. The van der Waals surface area contributed by atoms with Crippen LogP contribution < -0.4 is 9.62 Å². The molecule has 1 unspecified atom stereocenters. The number of amides is 2. The lowest BCUT2D eigenvalue weighted by Gasteiger charge is -2.34. The number of para-hydroxylation sites is 1. The number of hydrogen-bond donors (Lipinski definition) is 1. The lowest BCUT2D eigenvalue weighted by atomic mass is 9.95.